The predicted molar refractivity (Wildman–Crippen MR) is 84.5 cm³/mol. The Kier molecular flexibility index (Phi) is 3.25. The van der Waals surface area contributed by atoms with E-state index in [0.29, 0.717) is 22.5 Å². The average molecular weight is 297 g/mol. The lowest BCUT2D eigenvalue weighted by Crippen LogP contribution is -2.37. The fraction of sp³-hybridized carbons (Fsp3) is 0.200. The zero-order valence-corrected chi connectivity index (χ0v) is 12.5. The van der Waals surface area contributed by atoms with Crippen LogP contribution in [-0.2, 0) is 14.1 Å². The number of nitrogens with one attached hydrogen (secondary N) is 1. The lowest BCUT2D eigenvalue weighted by Gasteiger charge is -2.11. The number of rotatable bonds is 2. The van der Waals surface area contributed by atoms with E-state index in [9.17, 15) is 9.59 Å². The van der Waals surface area contributed by atoms with E-state index in [4.69, 9.17) is 0 Å². The van der Waals surface area contributed by atoms with Crippen LogP contribution in [0.2, 0.25) is 0 Å². The molecule has 7 heteroatoms. The van der Waals surface area contributed by atoms with Gasteiger partial charge in [-0.2, -0.15) is 0 Å². The second-order valence-electron chi connectivity index (χ2n) is 5.11. The lowest BCUT2D eigenvalue weighted by molar-refractivity contribution is 0.708. The minimum atomic E-state index is -0.407. The van der Waals surface area contributed by atoms with Crippen LogP contribution in [-0.4, -0.2) is 19.1 Å². The van der Waals surface area contributed by atoms with Gasteiger partial charge in [-0.25, -0.2) is 14.8 Å². The molecular formula is C15H15N5O2. The fourth-order valence-corrected chi connectivity index (χ4v) is 2.33. The molecule has 0 unspecified atom stereocenters. The number of hydrogen-bond acceptors (Lipinski definition) is 5. The largest absolute Gasteiger partial charge is 0.339 e. The number of nitrogens with zero attached hydrogens (tertiary/aromatic N) is 4. The Morgan fingerprint density at radius 3 is 2.50 bits per heavy atom. The maximum atomic E-state index is 12.4. The van der Waals surface area contributed by atoms with Crippen LogP contribution in [0.25, 0.3) is 11.0 Å². The van der Waals surface area contributed by atoms with Crippen molar-refractivity contribution in [3.05, 3.63) is 57.0 Å². The van der Waals surface area contributed by atoms with E-state index in [1.54, 1.807) is 25.5 Å². The summed E-state index contributed by atoms with van der Waals surface area (Å²) in [6.07, 6.45) is 3.24. The fourth-order valence-electron chi connectivity index (χ4n) is 2.33. The molecule has 112 valence electrons. The van der Waals surface area contributed by atoms with Gasteiger partial charge in [-0.05, 0) is 30.7 Å². The normalized spacial score (nSPS) is 10.9. The Balaban J connectivity index is 2.27. The van der Waals surface area contributed by atoms with Gasteiger partial charge in [-0.3, -0.25) is 13.9 Å². The first-order chi connectivity index (χ1) is 10.5. The standard InChI is InChI=1S/C15H15N5O2/c1-9-4-6-16-11(8-9)18-10-5-7-17-13-12(10)14(21)20(3)15(22)19(13)2/h4-8H,1-3H3,(H,16,17,18). The first kappa shape index (κ1) is 14.0. The molecular weight excluding hydrogens is 282 g/mol. The molecule has 3 aromatic rings. The smallest absolute Gasteiger partial charge is 0.332 e. The molecule has 0 aliphatic rings. The number of hydrogen-bond donors (Lipinski definition) is 1. The quantitative estimate of drug-likeness (QED) is 0.765. The Morgan fingerprint density at radius 2 is 1.77 bits per heavy atom. The Labute approximate surface area is 125 Å². The topological polar surface area (TPSA) is 81.8 Å². The van der Waals surface area contributed by atoms with Gasteiger partial charge in [0.25, 0.3) is 5.56 Å². The van der Waals surface area contributed by atoms with Crippen molar-refractivity contribution < 1.29 is 0 Å². The highest BCUT2D eigenvalue weighted by molar-refractivity contribution is 5.89. The van der Waals surface area contributed by atoms with Gasteiger partial charge in [0.2, 0.25) is 0 Å². The van der Waals surface area contributed by atoms with Crippen molar-refractivity contribution in [3.63, 3.8) is 0 Å². The number of aryl methyl sites for hydroxylation is 2. The van der Waals surface area contributed by atoms with Crippen LogP contribution in [0.4, 0.5) is 11.5 Å². The SMILES string of the molecule is Cc1ccnc(Nc2ccnc3c2c(=O)n(C)c(=O)n3C)c1. The van der Waals surface area contributed by atoms with E-state index in [1.165, 1.54) is 11.6 Å². The zero-order valence-electron chi connectivity index (χ0n) is 12.5. The van der Waals surface area contributed by atoms with Crippen molar-refractivity contribution in [1.29, 1.82) is 0 Å². The molecule has 0 spiro atoms. The molecule has 3 heterocycles. The highest BCUT2D eigenvalue weighted by atomic mass is 16.2. The second-order valence-corrected chi connectivity index (χ2v) is 5.11. The third kappa shape index (κ3) is 2.16. The van der Waals surface area contributed by atoms with Gasteiger partial charge in [0.05, 0.1) is 5.69 Å². The van der Waals surface area contributed by atoms with Crippen LogP contribution >= 0.6 is 0 Å². The third-order valence-electron chi connectivity index (χ3n) is 3.52. The molecule has 0 saturated carbocycles. The molecule has 0 atom stereocenters. The van der Waals surface area contributed by atoms with Crippen molar-refractivity contribution in [2.45, 2.75) is 6.92 Å². The van der Waals surface area contributed by atoms with Crippen LogP contribution in [0.15, 0.2) is 40.2 Å². The molecule has 0 saturated heterocycles. The number of aromatic nitrogens is 4. The van der Waals surface area contributed by atoms with Gasteiger partial charge >= 0.3 is 5.69 Å². The monoisotopic (exact) mass is 297 g/mol. The van der Waals surface area contributed by atoms with Gasteiger partial charge in [0.1, 0.15) is 11.2 Å². The van der Waals surface area contributed by atoms with Crippen molar-refractivity contribution in [2.75, 3.05) is 5.32 Å². The first-order valence-corrected chi connectivity index (χ1v) is 6.73. The molecule has 22 heavy (non-hydrogen) atoms. The minimum absolute atomic E-state index is 0.339. The number of fused-ring (bicyclic) bond motifs is 1. The van der Waals surface area contributed by atoms with E-state index in [1.807, 2.05) is 19.1 Å². The lowest BCUT2D eigenvalue weighted by atomic mass is 10.2. The van der Waals surface area contributed by atoms with Crippen LogP contribution in [0, 0.1) is 6.92 Å². The Morgan fingerprint density at radius 1 is 1.05 bits per heavy atom. The molecule has 7 nitrogen and oxygen atoms in total. The maximum absolute atomic E-state index is 12.4. The van der Waals surface area contributed by atoms with Crippen molar-refractivity contribution in [1.82, 2.24) is 19.1 Å². The van der Waals surface area contributed by atoms with Crippen LogP contribution < -0.4 is 16.6 Å². The molecule has 0 amide bonds. The van der Waals surface area contributed by atoms with Gasteiger partial charge in [0, 0.05) is 26.5 Å². The Bertz CT molecular complexity index is 987. The van der Waals surface area contributed by atoms with Crippen molar-refractivity contribution >= 4 is 22.5 Å². The van der Waals surface area contributed by atoms with Crippen molar-refractivity contribution in [3.8, 4) is 0 Å². The molecule has 3 aromatic heterocycles. The van der Waals surface area contributed by atoms with Crippen LogP contribution in [0.1, 0.15) is 5.56 Å². The van der Waals surface area contributed by atoms with E-state index in [-0.39, 0.29) is 5.56 Å². The van der Waals surface area contributed by atoms with Crippen LogP contribution in [0.5, 0.6) is 0 Å². The Hall–Kier alpha value is -2.96. The summed E-state index contributed by atoms with van der Waals surface area (Å²) >= 11 is 0. The van der Waals surface area contributed by atoms with Gasteiger partial charge < -0.3 is 5.32 Å². The summed E-state index contributed by atoms with van der Waals surface area (Å²) in [4.78, 5) is 32.8. The summed E-state index contributed by atoms with van der Waals surface area (Å²) in [5.41, 5.74) is 1.17. The summed E-state index contributed by atoms with van der Waals surface area (Å²) < 4.78 is 2.42. The summed E-state index contributed by atoms with van der Waals surface area (Å²) in [7, 11) is 3.04. The first-order valence-electron chi connectivity index (χ1n) is 6.73. The molecule has 0 aromatic carbocycles. The maximum Gasteiger partial charge on any atom is 0.332 e. The number of anilines is 2. The van der Waals surface area contributed by atoms with E-state index in [2.05, 4.69) is 15.3 Å². The van der Waals surface area contributed by atoms with Gasteiger partial charge in [-0.15, -0.1) is 0 Å². The molecule has 0 fully saturated rings. The number of pyridine rings is 2. The summed E-state index contributed by atoms with van der Waals surface area (Å²) in [5.74, 6) is 0.628. The highest BCUT2D eigenvalue weighted by Gasteiger charge is 2.13. The zero-order chi connectivity index (χ0) is 15.9. The summed E-state index contributed by atoms with van der Waals surface area (Å²) in [6.45, 7) is 1.96. The average Bonchev–Trinajstić information content (AvgIpc) is 2.50. The van der Waals surface area contributed by atoms with E-state index in [0.717, 1.165) is 10.1 Å². The van der Waals surface area contributed by atoms with Crippen molar-refractivity contribution in [2.24, 2.45) is 14.1 Å². The van der Waals surface area contributed by atoms with Gasteiger partial charge in [-0.1, -0.05) is 0 Å². The summed E-state index contributed by atoms with van der Waals surface area (Å²) in [5, 5.41) is 3.48. The highest BCUT2D eigenvalue weighted by Crippen LogP contribution is 2.20. The van der Waals surface area contributed by atoms with E-state index < -0.39 is 5.69 Å². The molecule has 3 rings (SSSR count). The molecule has 0 aliphatic heterocycles. The molecule has 0 aliphatic carbocycles. The molecule has 0 radical (unpaired) electrons. The predicted octanol–water partition coefficient (Wildman–Crippen LogP) is 1.08. The molecule has 0 bridgehead atoms. The van der Waals surface area contributed by atoms with Crippen LogP contribution in [0.3, 0.4) is 0 Å². The minimum Gasteiger partial charge on any atom is -0.339 e. The summed E-state index contributed by atoms with van der Waals surface area (Å²) in [6, 6.07) is 5.45. The van der Waals surface area contributed by atoms with Gasteiger partial charge in [0.15, 0.2) is 5.65 Å². The molecule has 1 N–H and O–H groups in total. The second kappa shape index (κ2) is 5.10. The van der Waals surface area contributed by atoms with E-state index >= 15 is 0 Å². The third-order valence-corrected chi connectivity index (χ3v) is 3.52.